The Hall–Kier alpha value is -1.09. The lowest BCUT2D eigenvalue weighted by molar-refractivity contribution is 0.331. The summed E-state index contributed by atoms with van der Waals surface area (Å²) in [4.78, 5) is 7.98. The van der Waals surface area contributed by atoms with Crippen LogP contribution in [0.3, 0.4) is 0 Å². The highest BCUT2D eigenvalue weighted by molar-refractivity contribution is 8.00. The van der Waals surface area contributed by atoms with E-state index in [1.807, 2.05) is 4.90 Å². The van der Waals surface area contributed by atoms with Gasteiger partial charge in [-0.15, -0.1) is 11.3 Å². The molecule has 3 rings (SSSR count). The van der Waals surface area contributed by atoms with Crippen molar-refractivity contribution >= 4 is 45.7 Å². The summed E-state index contributed by atoms with van der Waals surface area (Å²) in [6.45, 7) is 2.63. The van der Waals surface area contributed by atoms with Crippen LogP contribution in [0.15, 0.2) is 22.5 Å². The molecule has 0 spiro atoms. The Labute approximate surface area is 165 Å². The van der Waals surface area contributed by atoms with Crippen LogP contribution in [0.5, 0.6) is 0 Å². The summed E-state index contributed by atoms with van der Waals surface area (Å²) in [5, 5.41) is 2.34. The number of nitrogens with one attached hydrogen (secondary N) is 1. The summed E-state index contributed by atoms with van der Waals surface area (Å²) in [6.07, 6.45) is 3.86. The van der Waals surface area contributed by atoms with Gasteiger partial charge in [-0.2, -0.15) is 0 Å². The van der Waals surface area contributed by atoms with E-state index in [0.29, 0.717) is 16.7 Å². The average molecular weight is 419 g/mol. The van der Waals surface area contributed by atoms with Gasteiger partial charge in [-0.1, -0.05) is 11.6 Å². The van der Waals surface area contributed by atoms with Crippen molar-refractivity contribution in [3.63, 3.8) is 0 Å². The van der Waals surface area contributed by atoms with Crippen LogP contribution < -0.4 is 9.62 Å². The molecule has 0 bridgehead atoms. The highest BCUT2D eigenvalue weighted by Gasteiger charge is 2.30. The summed E-state index contributed by atoms with van der Waals surface area (Å²) in [7, 11) is 4.11. The number of aromatic nitrogens is 1. The van der Waals surface area contributed by atoms with E-state index in [0.717, 1.165) is 44.4 Å². The second-order valence-electron chi connectivity index (χ2n) is 6.59. The van der Waals surface area contributed by atoms with Gasteiger partial charge in [-0.3, -0.25) is 0 Å². The largest absolute Gasteiger partial charge is 0.369 e. The molecule has 1 N–H and O–H groups in total. The van der Waals surface area contributed by atoms with E-state index in [2.05, 4.69) is 28.7 Å². The van der Waals surface area contributed by atoms with Gasteiger partial charge in [-0.25, -0.2) is 13.8 Å². The van der Waals surface area contributed by atoms with Gasteiger partial charge in [0.1, 0.15) is 15.7 Å². The van der Waals surface area contributed by atoms with Crippen molar-refractivity contribution in [2.45, 2.75) is 17.7 Å². The monoisotopic (exact) mass is 418 g/mol. The van der Waals surface area contributed by atoms with Gasteiger partial charge in [-0.05, 0) is 51.3 Å². The first-order valence-electron chi connectivity index (χ1n) is 8.35. The molecule has 1 aliphatic rings. The summed E-state index contributed by atoms with van der Waals surface area (Å²) in [5.74, 6) is -0.795. The maximum absolute atomic E-state index is 14.6. The van der Waals surface area contributed by atoms with Crippen LogP contribution in [0.4, 0.5) is 19.6 Å². The predicted molar refractivity (Wildman–Crippen MR) is 106 cm³/mol. The van der Waals surface area contributed by atoms with Crippen molar-refractivity contribution in [3.8, 4) is 0 Å². The number of hydrogen-bond acceptors (Lipinski definition) is 6. The molecule has 1 aliphatic heterocycles. The molecule has 0 aliphatic carbocycles. The minimum Gasteiger partial charge on any atom is -0.369 e. The molecule has 9 heteroatoms. The van der Waals surface area contributed by atoms with Gasteiger partial charge < -0.3 is 14.5 Å². The predicted octanol–water partition coefficient (Wildman–Crippen LogP) is 4.97. The van der Waals surface area contributed by atoms with Crippen molar-refractivity contribution in [1.82, 2.24) is 9.88 Å². The molecular weight excluding hydrogens is 398 g/mol. The number of thiazole rings is 1. The quantitative estimate of drug-likeness (QED) is 0.483. The lowest BCUT2D eigenvalue weighted by Gasteiger charge is -2.42. The highest BCUT2D eigenvalue weighted by atomic mass is 35.5. The highest BCUT2D eigenvalue weighted by Crippen LogP contribution is 2.40. The molecule has 0 unspecified atom stereocenters. The second-order valence-corrected chi connectivity index (χ2v) is 8.68. The van der Waals surface area contributed by atoms with Gasteiger partial charge in [0, 0.05) is 30.7 Å². The van der Waals surface area contributed by atoms with Crippen LogP contribution in [0.2, 0.25) is 5.02 Å². The normalized spacial score (nSPS) is 14.8. The van der Waals surface area contributed by atoms with Gasteiger partial charge in [0.05, 0.1) is 5.69 Å². The lowest BCUT2D eigenvalue weighted by Crippen LogP contribution is -2.47. The molecule has 0 amide bonds. The summed E-state index contributed by atoms with van der Waals surface area (Å²) < 4.78 is 31.8. The third-order valence-electron chi connectivity index (χ3n) is 4.29. The molecule has 2 heterocycles. The topological polar surface area (TPSA) is 31.4 Å². The Balaban J connectivity index is 1.61. The minimum atomic E-state index is -0.730. The fourth-order valence-corrected chi connectivity index (χ4v) is 4.51. The Morgan fingerprint density at radius 2 is 2.19 bits per heavy atom. The number of halogens is 3. The molecule has 1 aromatic heterocycles. The fourth-order valence-electron chi connectivity index (χ4n) is 2.90. The molecule has 1 fully saturated rings. The first kappa shape index (κ1) is 19.7. The van der Waals surface area contributed by atoms with Gasteiger partial charge in [0.2, 0.25) is 0 Å². The molecule has 0 atom stereocenters. The van der Waals surface area contributed by atoms with Crippen LogP contribution in [0, 0.1) is 17.6 Å². The molecule has 26 heavy (non-hydrogen) atoms. The third-order valence-corrected chi connectivity index (χ3v) is 6.34. The Bertz CT molecular complexity index is 737. The molecule has 0 saturated carbocycles. The zero-order valence-electron chi connectivity index (χ0n) is 14.6. The fraction of sp³-hybridized carbons (Fsp3) is 0.471. The third kappa shape index (κ3) is 4.60. The van der Waals surface area contributed by atoms with E-state index in [-0.39, 0.29) is 9.92 Å². The van der Waals surface area contributed by atoms with Gasteiger partial charge in [0.25, 0.3) is 0 Å². The van der Waals surface area contributed by atoms with Crippen LogP contribution in [0.1, 0.15) is 12.8 Å². The number of benzene rings is 1. The lowest BCUT2D eigenvalue weighted by atomic mass is 9.94. The molecule has 1 aromatic carbocycles. The number of anilines is 2. The molecule has 0 radical (unpaired) electrons. The summed E-state index contributed by atoms with van der Waals surface area (Å²) in [6, 6.07) is 1.33. The first-order chi connectivity index (χ1) is 12.5. The van der Waals surface area contributed by atoms with Crippen molar-refractivity contribution < 1.29 is 8.78 Å². The van der Waals surface area contributed by atoms with E-state index in [4.69, 9.17) is 11.6 Å². The maximum atomic E-state index is 14.6. The number of rotatable bonds is 8. The number of hydrogen-bond donors (Lipinski definition) is 1. The molecule has 1 saturated heterocycles. The second kappa shape index (κ2) is 8.73. The summed E-state index contributed by atoms with van der Waals surface area (Å²) in [5.41, 5.74) is 0.434. The molecular formula is C17H21ClF2N4S2. The van der Waals surface area contributed by atoms with Crippen molar-refractivity contribution in [1.29, 1.82) is 0 Å². The molecule has 142 valence electrons. The molecule has 2 aromatic rings. The minimum absolute atomic E-state index is 0.0263. The van der Waals surface area contributed by atoms with E-state index in [1.54, 1.807) is 11.6 Å². The van der Waals surface area contributed by atoms with E-state index in [1.165, 1.54) is 17.4 Å². The van der Waals surface area contributed by atoms with E-state index < -0.39 is 11.6 Å². The van der Waals surface area contributed by atoms with E-state index in [9.17, 15) is 8.78 Å². The van der Waals surface area contributed by atoms with Crippen molar-refractivity contribution in [2.75, 3.05) is 43.4 Å². The Morgan fingerprint density at radius 1 is 1.42 bits per heavy atom. The van der Waals surface area contributed by atoms with E-state index >= 15 is 0 Å². The van der Waals surface area contributed by atoms with Crippen molar-refractivity contribution in [2.24, 2.45) is 5.92 Å². The van der Waals surface area contributed by atoms with Crippen molar-refractivity contribution in [3.05, 3.63) is 34.3 Å². The number of nitrogens with zero attached hydrogens (tertiary/aromatic N) is 3. The van der Waals surface area contributed by atoms with Gasteiger partial charge in [0.15, 0.2) is 10.9 Å². The zero-order chi connectivity index (χ0) is 18.7. The standard InChI is InChI=1S/C17H21ClF2N4S2/c1-23(2)6-3-4-11-9-24(10-11)13-8-12(19)16(15(20)14(13)18)26-22-17-21-5-7-25-17/h5,7-8,11H,3-4,6,9-10H2,1-2H3,(H,21,22). The van der Waals surface area contributed by atoms with Gasteiger partial charge >= 0.3 is 0 Å². The van der Waals surface area contributed by atoms with Crippen LogP contribution >= 0.6 is 34.9 Å². The zero-order valence-corrected chi connectivity index (χ0v) is 17.0. The SMILES string of the molecule is CN(C)CCCC1CN(c2cc(F)c(SNc3nccs3)c(F)c2Cl)C1. The van der Waals surface area contributed by atoms with Crippen LogP contribution in [0.25, 0.3) is 0 Å². The average Bonchev–Trinajstić information content (AvgIpc) is 3.06. The smallest absolute Gasteiger partial charge is 0.192 e. The Morgan fingerprint density at radius 3 is 2.85 bits per heavy atom. The summed E-state index contributed by atoms with van der Waals surface area (Å²) >= 11 is 8.39. The Kier molecular flexibility index (Phi) is 6.60. The first-order valence-corrected chi connectivity index (χ1v) is 10.4. The maximum Gasteiger partial charge on any atom is 0.192 e. The molecule has 4 nitrogen and oxygen atoms in total. The van der Waals surface area contributed by atoms with Crippen LogP contribution in [-0.4, -0.2) is 43.6 Å². The van der Waals surface area contributed by atoms with Crippen LogP contribution in [-0.2, 0) is 0 Å².